The second-order valence-corrected chi connectivity index (χ2v) is 7.54. The fourth-order valence-corrected chi connectivity index (χ4v) is 3.30. The number of benzene rings is 1. The molecule has 0 bridgehead atoms. The molecule has 1 amide bonds. The van der Waals surface area contributed by atoms with Crippen molar-refractivity contribution in [3.05, 3.63) is 36.2 Å². The Morgan fingerprint density at radius 3 is 2.60 bits per heavy atom. The first-order chi connectivity index (χ1) is 11.8. The number of amides is 1. The lowest BCUT2D eigenvalue weighted by Gasteiger charge is -2.33. The Kier molecular flexibility index (Phi) is 4.84. The number of carbonyl (C=O) groups is 1. The van der Waals surface area contributed by atoms with Crippen LogP contribution in [0.5, 0.6) is 0 Å². The molecule has 9 nitrogen and oxygen atoms in total. The van der Waals surface area contributed by atoms with Crippen LogP contribution in [-0.4, -0.2) is 65.3 Å². The predicted molar refractivity (Wildman–Crippen MR) is 90.3 cm³/mol. The minimum atomic E-state index is -3.76. The molecule has 0 unspecified atom stereocenters. The van der Waals surface area contributed by atoms with Gasteiger partial charge in [-0.2, -0.15) is 0 Å². The van der Waals surface area contributed by atoms with Gasteiger partial charge in [-0.15, -0.1) is 5.10 Å². The van der Waals surface area contributed by atoms with Gasteiger partial charge in [0.25, 0.3) is 0 Å². The van der Waals surface area contributed by atoms with Crippen LogP contribution in [-0.2, 0) is 21.4 Å². The molecule has 1 fully saturated rings. The Balaban J connectivity index is 1.68. The van der Waals surface area contributed by atoms with Gasteiger partial charge in [-0.05, 0) is 18.2 Å². The predicted octanol–water partition coefficient (Wildman–Crippen LogP) is -0.421. The molecule has 1 saturated heterocycles. The van der Waals surface area contributed by atoms with Crippen LogP contribution in [0, 0.1) is 0 Å². The molecule has 0 aliphatic carbocycles. The SMILES string of the molecule is CC(=O)N1CCN(Cc2cn(-c3cccc(S(N)(=O)=O)c3)nn2)CC1. The zero-order valence-electron chi connectivity index (χ0n) is 13.9. The van der Waals surface area contributed by atoms with Crippen LogP contribution in [0.1, 0.15) is 12.6 Å². The van der Waals surface area contributed by atoms with Crippen molar-refractivity contribution in [1.82, 2.24) is 24.8 Å². The number of hydrogen-bond acceptors (Lipinski definition) is 6. The molecule has 0 spiro atoms. The van der Waals surface area contributed by atoms with Crippen molar-refractivity contribution in [3.8, 4) is 5.69 Å². The molecular formula is C15H20N6O3S. The standard InChI is InChI=1S/C15H20N6O3S/c1-12(22)20-7-5-19(6-8-20)10-13-11-21(18-17-13)14-3-2-4-15(9-14)25(16,23)24/h2-4,9,11H,5-8,10H2,1H3,(H2,16,23,24). The Morgan fingerprint density at radius 1 is 1.24 bits per heavy atom. The summed E-state index contributed by atoms with van der Waals surface area (Å²) in [5.41, 5.74) is 1.35. The highest BCUT2D eigenvalue weighted by molar-refractivity contribution is 7.89. The van der Waals surface area contributed by atoms with Gasteiger partial charge >= 0.3 is 0 Å². The van der Waals surface area contributed by atoms with E-state index in [0.717, 1.165) is 18.8 Å². The van der Waals surface area contributed by atoms with Crippen LogP contribution in [0.4, 0.5) is 0 Å². The largest absolute Gasteiger partial charge is 0.340 e. The van der Waals surface area contributed by atoms with E-state index in [-0.39, 0.29) is 10.8 Å². The van der Waals surface area contributed by atoms with E-state index >= 15 is 0 Å². The lowest BCUT2D eigenvalue weighted by molar-refractivity contribution is -0.130. The number of rotatable bonds is 4. The van der Waals surface area contributed by atoms with Gasteiger partial charge in [0.1, 0.15) is 0 Å². The molecule has 1 aromatic heterocycles. The number of nitrogens with two attached hydrogens (primary N) is 1. The van der Waals surface area contributed by atoms with Gasteiger partial charge in [-0.1, -0.05) is 11.3 Å². The van der Waals surface area contributed by atoms with Gasteiger partial charge in [0.05, 0.1) is 22.5 Å². The molecule has 0 atom stereocenters. The molecule has 10 heteroatoms. The number of hydrogen-bond donors (Lipinski definition) is 1. The second kappa shape index (κ2) is 6.90. The summed E-state index contributed by atoms with van der Waals surface area (Å²) in [5.74, 6) is 0.0975. The Bertz CT molecular complexity index is 871. The Labute approximate surface area is 146 Å². The molecule has 1 aromatic carbocycles. The summed E-state index contributed by atoms with van der Waals surface area (Å²) in [6.45, 7) is 5.19. The summed E-state index contributed by atoms with van der Waals surface area (Å²) in [5, 5.41) is 13.4. The smallest absolute Gasteiger partial charge is 0.238 e. The highest BCUT2D eigenvalue weighted by atomic mass is 32.2. The van der Waals surface area contributed by atoms with E-state index in [4.69, 9.17) is 5.14 Å². The van der Waals surface area contributed by atoms with E-state index in [2.05, 4.69) is 15.2 Å². The highest BCUT2D eigenvalue weighted by Gasteiger charge is 2.19. The Hall–Kier alpha value is -2.30. The highest BCUT2D eigenvalue weighted by Crippen LogP contribution is 2.14. The van der Waals surface area contributed by atoms with Crippen molar-refractivity contribution >= 4 is 15.9 Å². The van der Waals surface area contributed by atoms with Crippen molar-refractivity contribution < 1.29 is 13.2 Å². The van der Waals surface area contributed by atoms with Crippen LogP contribution in [0.3, 0.4) is 0 Å². The van der Waals surface area contributed by atoms with E-state index in [9.17, 15) is 13.2 Å². The molecule has 0 radical (unpaired) electrons. The third-order valence-corrected chi connectivity index (χ3v) is 5.07. The number of primary sulfonamides is 1. The fourth-order valence-electron chi connectivity index (χ4n) is 2.75. The van der Waals surface area contributed by atoms with Gasteiger partial charge in [0.15, 0.2) is 0 Å². The third kappa shape index (κ3) is 4.21. The van der Waals surface area contributed by atoms with E-state index in [1.54, 1.807) is 25.3 Å². The molecule has 2 heterocycles. The molecule has 25 heavy (non-hydrogen) atoms. The third-order valence-electron chi connectivity index (χ3n) is 4.15. The van der Waals surface area contributed by atoms with Crippen molar-refractivity contribution in [1.29, 1.82) is 0 Å². The first-order valence-electron chi connectivity index (χ1n) is 7.85. The van der Waals surface area contributed by atoms with E-state index in [1.807, 2.05) is 4.90 Å². The lowest BCUT2D eigenvalue weighted by Crippen LogP contribution is -2.47. The van der Waals surface area contributed by atoms with Crippen molar-refractivity contribution in [3.63, 3.8) is 0 Å². The first-order valence-corrected chi connectivity index (χ1v) is 9.40. The second-order valence-electron chi connectivity index (χ2n) is 5.98. The summed E-state index contributed by atoms with van der Waals surface area (Å²) < 4.78 is 24.4. The van der Waals surface area contributed by atoms with Gasteiger partial charge in [-0.25, -0.2) is 18.2 Å². The van der Waals surface area contributed by atoms with Gasteiger partial charge in [0, 0.05) is 39.6 Å². The molecule has 3 rings (SSSR count). The summed E-state index contributed by atoms with van der Waals surface area (Å²) in [7, 11) is -3.76. The molecule has 1 aliphatic rings. The fraction of sp³-hybridized carbons (Fsp3) is 0.400. The number of nitrogens with zero attached hydrogens (tertiary/aromatic N) is 5. The topological polar surface area (TPSA) is 114 Å². The van der Waals surface area contributed by atoms with Crippen molar-refractivity contribution in [2.24, 2.45) is 5.14 Å². The van der Waals surface area contributed by atoms with Gasteiger partial charge < -0.3 is 4.90 Å². The number of piperazine rings is 1. The maximum absolute atomic E-state index is 11.5. The van der Waals surface area contributed by atoms with Gasteiger partial charge in [-0.3, -0.25) is 9.69 Å². The van der Waals surface area contributed by atoms with Crippen LogP contribution in [0.25, 0.3) is 5.69 Å². The van der Waals surface area contributed by atoms with Crippen LogP contribution >= 0.6 is 0 Å². The average molecular weight is 364 g/mol. The maximum Gasteiger partial charge on any atom is 0.238 e. The van der Waals surface area contributed by atoms with Crippen LogP contribution in [0.2, 0.25) is 0 Å². The summed E-state index contributed by atoms with van der Waals surface area (Å²) in [6, 6.07) is 6.24. The summed E-state index contributed by atoms with van der Waals surface area (Å²) >= 11 is 0. The van der Waals surface area contributed by atoms with Crippen molar-refractivity contribution in [2.45, 2.75) is 18.4 Å². The molecular weight excluding hydrogens is 344 g/mol. The number of sulfonamides is 1. The van der Waals surface area contributed by atoms with Crippen LogP contribution in [0.15, 0.2) is 35.4 Å². The van der Waals surface area contributed by atoms with E-state index in [1.165, 1.54) is 16.8 Å². The summed E-state index contributed by atoms with van der Waals surface area (Å²) in [4.78, 5) is 15.4. The first kappa shape index (κ1) is 17.5. The van der Waals surface area contributed by atoms with E-state index in [0.29, 0.717) is 25.3 Å². The lowest BCUT2D eigenvalue weighted by atomic mass is 10.3. The normalized spacial score (nSPS) is 16.2. The molecule has 2 N–H and O–H groups in total. The molecule has 2 aromatic rings. The number of aromatic nitrogens is 3. The minimum absolute atomic E-state index is 0.0300. The zero-order valence-corrected chi connectivity index (χ0v) is 14.7. The molecule has 1 aliphatic heterocycles. The average Bonchev–Trinajstić information content (AvgIpc) is 3.03. The minimum Gasteiger partial charge on any atom is -0.340 e. The maximum atomic E-state index is 11.5. The van der Waals surface area contributed by atoms with Crippen molar-refractivity contribution in [2.75, 3.05) is 26.2 Å². The quantitative estimate of drug-likeness (QED) is 0.788. The molecule has 0 saturated carbocycles. The summed E-state index contributed by atoms with van der Waals surface area (Å²) in [6.07, 6.45) is 1.76. The monoisotopic (exact) mass is 364 g/mol. The van der Waals surface area contributed by atoms with Crippen LogP contribution < -0.4 is 5.14 Å². The number of carbonyl (C=O) groups excluding carboxylic acids is 1. The Morgan fingerprint density at radius 2 is 1.96 bits per heavy atom. The zero-order chi connectivity index (χ0) is 18.0. The van der Waals surface area contributed by atoms with Gasteiger partial charge in [0.2, 0.25) is 15.9 Å². The molecule has 134 valence electrons. The van der Waals surface area contributed by atoms with E-state index < -0.39 is 10.0 Å².